The predicted molar refractivity (Wildman–Crippen MR) is 149 cm³/mol. The summed E-state index contributed by atoms with van der Waals surface area (Å²) in [5, 5.41) is 7.00. The maximum absolute atomic E-state index is 11.5. The minimum Gasteiger partial charge on any atom is -0.369 e. The minimum absolute atomic E-state index is 0. The van der Waals surface area contributed by atoms with E-state index in [2.05, 4.69) is 63.8 Å². The number of nitrogens with one attached hydrogen (secondary N) is 2. The second-order valence-electron chi connectivity index (χ2n) is 9.20. The lowest BCUT2D eigenvalue weighted by atomic mass is 9.64. The fourth-order valence-corrected chi connectivity index (χ4v) is 4.94. The van der Waals surface area contributed by atoms with Crippen LogP contribution in [0.4, 0.5) is 5.82 Å². The number of benzene rings is 1. The van der Waals surface area contributed by atoms with Gasteiger partial charge in [0.15, 0.2) is 5.96 Å². The molecule has 7 nitrogen and oxygen atoms in total. The first-order valence-electron chi connectivity index (χ1n) is 12.2. The molecule has 1 aliphatic carbocycles. The molecule has 8 heteroatoms. The number of primary amides is 1. The normalized spacial score (nSPS) is 17.9. The zero-order chi connectivity index (χ0) is 23.1. The Morgan fingerprint density at radius 2 is 1.88 bits per heavy atom. The number of carbonyl (C=O) groups excluding carboxylic acids is 1. The molecule has 1 saturated carbocycles. The van der Waals surface area contributed by atoms with Crippen molar-refractivity contribution in [1.82, 2.24) is 15.6 Å². The molecule has 0 atom stereocenters. The molecule has 2 aromatic rings. The Bertz CT molecular complexity index is 955. The van der Waals surface area contributed by atoms with E-state index >= 15 is 0 Å². The van der Waals surface area contributed by atoms with Gasteiger partial charge in [0, 0.05) is 49.3 Å². The molecule has 0 unspecified atom stereocenters. The maximum Gasteiger partial charge on any atom is 0.220 e. The first kappa shape index (κ1) is 26.2. The van der Waals surface area contributed by atoms with Crippen molar-refractivity contribution in [3.8, 4) is 0 Å². The van der Waals surface area contributed by atoms with Crippen LogP contribution in [0.25, 0.3) is 0 Å². The molecular formula is C26H37IN6O. The Morgan fingerprint density at radius 3 is 2.50 bits per heavy atom. The van der Waals surface area contributed by atoms with Crippen LogP contribution in [0.5, 0.6) is 0 Å². The van der Waals surface area contributed by atoms with Crippen LogP contribution in [0.15, 0.2) is 53.7 Å². The highest BCUT2D eigenvalue weighted by Crippen LogP contribution is 2.43. The third kappa shape index (κ3) is 6.20. The molecule has 4 N–H and O–H groups in total. The molecule has 184 valence electrons. The van der Waals surface area contributed by atoms with Crippen molar-refractivity contribution in [2.45, 2.75) is 51.0 Å². The smallest absolute Gasteiger partial charge is 0.220 e. The van der Waals surface area contributed by atoms with E-state index in [1.54, 1.807) is 0 Å². The quantitative estimate of drug-likeness (QED) is 0.254. The zero-order valence-electron chi connectivity index (χ0n) is 20.0. The Morgan fingerprint density at radius 1 is 1.15 bits per heavy atom. The number of rotatable bonds is 8. The van der Waals surface area contributed by atoms with E-state index in [4.69, 9.17) is 10.7 Å². The maximum atomic E-state index is 11.5. The van der Waals surface area contributed by atoms with E-state index in [0.717, 1.165) is 56.4 Å². The van der Waals surface area contributed by atoms with Crippen molar-refractivity contribution in [2.75, 3.05) is 31.1 Å². The molecule has 2 aliphatic rings. The van der Waals surface area contributed by atoms with Crippen molar-refractivity contribution >= 4 is 41.7 Å². The van der Waals surface area contributed by atoms with Crippen LogP contribution >= 0.6 is 24.0 Å². The number of anilines is 1. The van der Waals surface area contributed by atoms with Gasteiger partial charge in [0.1, 0.15) is 5.82 Å². The molecule has 1 aliphatic heterocycles. The van der Waals surface area contributed by atoms with Crippen LogP contribution in [0, 0.1) is 5.92 Å². The molecule has 1 saturated heterocycles. The number of pyridine rings is 1. The summed E-state index contributed by atoms with van der Waals surface area (Å²) in [6.45, 7) is 5.91. The summed E-state index contributed by atoms with van der Waals surface area (Å²) in [6.07, 6.45) is 7.07. The third-order valence-corrected chi connectivity index (χ3v) is 7.11. The summed E-state index contributed by atoms with van der Waals surface area (Å²) in [5.74, 6) is 1.57. The zero-order valence-corrected chi connectivity index (χ0v) is 22.3. The van der Waals surface area contributed by atoms with E-state index < -0.39 is 0 Å². The molecule has 4 rings (SSSR count). The molecule has 1 aromatic carbocycles. The van der Waals surface area contributed by atoms with E-state index in [0.29, 0.717) is 6.54 Å². The second-order valence-corrected chi connectivity index (χ2v) is 9.20. The van der Waals surface area contributed by atoms with Gasteiger partial charge in [-0.25, -0.2) is 9.98 Å². The fourth-order valence-electron chi connectivity index (χ4n) is 4.94. The summed E-state index contributed by atoms with van der Waals surface area (Å²) in [5.41, 5.74) is 8.19. The fraction of sp³-hybridized carbons (Fsp3) is 0.500. The van der Waals surface area contributed by atoms with Crippen LogP contribution in [-0.4, -0.2) is 43.0 Å². The van der Waals surface area contributed by atoms with Crippen molar-refractivity contribution in [2.24, 2.45) is 16.6 Å². The number of nitrogens with two attached hydrogens (primary N) is 1. The molecular weight excluding hydrogens is 539 g/mol. The minimum atomic E-state index is -0.193. The highest BCUT2D eigenvalue weighted by atomic mass is 127. The van der Waals surface area contributed by atoms with Gasteiger partial charge in [-0.05, 0) is 44.2 Å². The van der Waals surface area contributed by atoms with E-state index in [1.165, 1.54) is 24.8 Å². The van der Waals surface area contributed by atoms with E-state index in [1.807, 2.05) is 12.3 Å². The molecule has 0 radical (unpaired) electrons. The number of carbonyl (C=O) groups is 1. The molecule has 34 heavy (non-hydrogen) atoms. The van der Waals surface area contributed by atoms with Crippen molar-refractivity contribution in [1.29, 1.82) is 0 Å². The van der Waals surface area contributed by atoms with Crippen LogP contribution in [0.3, 0.4) is 0 Å². The van der Waals surface area contributed by atoms with E-state index in [9.17, 15) is 4.79 Å². The van der Waals surface area contributed by atoms with Gasteiger partial charge in [0.25, 0.3) is 0 Å². The van der Waals surface area contributed by atoms with Crippen molar-refractivity contribution in [3.05, 3.63) is 59.8 Å². The summed E-state index contributed by atoms with van der Waals surface area (Å²) in [7, 11) is 0. The monoisotopic (exact) mass is 576 g/mol. The highest BCUT2D eigenvalue weighted by Gasteiger charge is 2.38. The predicted octanol–water partition coefficient (Wildman–Crippen LogP) is 3.58. The molecule has 0 spiro atoms. The van der Waals surface area contributed by atoms with Gasteiger partial charge in [0.05, 0.1) is 6.54 Å². The number of aliphatic imine (C=N–C) groups is 1. The number of halogens is 1. The number of hydrogen-bond acceptors (Lipinski definition) is 4. The average Bonchev–Trinajstić information content (AvgIpc) is 2.82. The molecule has 1 amide bonds. The van der Waals surface area contributed by atoms with Gasteiger partial charge >= 0.3 is 0 Å². The Labute approximate surface area is 220 Å². The average molecular weight is 577 g/mol. The van der Waals surface area contributed by atoms with Crippen LogP contribution in [0.2, 0.25) is 0 Å². The van der Waals surface area contributed by atoms with Crippen LogP contribution in [0.1, 0.15) is 50.2 Å². The third-order valence-electron chi connectivity index (χ3n) is 7.11. The van der Waals surface area contributed by atoms with Gasteiger partial charge in [0.2, 0.25) is 5.91 Å². The van der Waals surface area contributed by atoms with Crippen LogP contribution in [-0.2, 0) is 16.8 Å². The first-order valence-corrected chi connectivity index (χ1v) is 12.2. The van der Waals surface area contributed by atoms with Gasteiger partial charge in [-0.3, -0.25) is 4.79 Å². The Balaban J connectivity index is 0.00000324. The van der Waals surface area contributed by atoms with Gasteiger partial charge in [-0.2, -0.15) is 0 Å². The number of guanidine groups is 1. The topological polar surface area (TPSA) is 95.6 Å². The van der Waals surface area contributed by atoms with Gasteiger partial charge in [-0.15, -0.1) is 24.0 Å². The lowest BCUT2D eigenvalue weighted by Gasteiger charge is -2.43. The SMILES string of the molecule is CCNC(=NCc1cccnc1N1CCC(C(N)=O)CC1)NCC1(c2ccccc2)CCC1.I. The summed E-state index contributed by atoms with van der Waals surface area (Å²) in [6, 6.07) is 14.9. The van der Waals surface area contributed by atoms with E-state index in [-0.39, 0.29) is 41.2 Å². The number of piperidine rings is 1. The summed E-state index contributed by atoms with van der Waals surface area (Å²) < 4.78 is 0. The molecule has 0 bridgehead atoms. The number of aromatic nitrogens is 1. The molecule has 2 fully saturated rings. The molecule has 2 heterocycles. The van der Waals surface area contributed by atoms with Gasteiger partial charge in [-0.1, -0.05) is 42.8 Å². The number of nitrogens with zero attached hydrogens (tertiary/aromatic N) is 3. The first-order chi connectivity index (χ1) is 16.1. The summed E-state index contributed by atoms with van der Waals surface area (Å²) >= 11 is 0. The largest absolute Gasteiger partial charge is 0.369 e. The highest BCUT2D eigenvalue weighted by molar-refractivity contribution is 14.0. The van der Waals surface area contributed by atoms with Gasteiger partial charge < -0.3 is 21.3 Å². The second kappa shape index (κ2) is 12.4. The molecule has 1 aromatic heterocycles. The van der Waals surface area contributed by atoms with Crippen molar-refractivity contribution < 1.29 is 4.79 Å². The van der Waals surface area contributed by atoms with Crippen LogP contribution < -0.4 is 21.3 Å². The van der Waals surface area contributed by atoms with Crippen molar-refractivity contribution in [3.63, 3.8) is 0 Å². The Hall–Kier alpha value is -2.36. The standard InChI is InChI=1S/C26H36N6O.HI/c1-2-28-25(31-19-26(13-7-14-26)22-9-4-3-5-10-22)30-18-21-8-6-15-29-24(21)32-16-11-20(12-17-32)23(27)33;/h3-6,8-10,15,20H,2,7,11-14,16-19H2,1H3,(H2,27,33)(H2,28,30,31);1H. The lowest BCUT2D eigenvalue weighted by Crippen LogP contribution is -2.48. The number of hydrogen-bond donors (Lipinski definition) is 3. The lowest BCUT2D eigenvalue weighted by molar-refractivity contribution is -0.122. The Kier molecular flexibility index (Phi) is 9.55. The number of amides is 1. The summed E-state index contributed by atoms with van der Waals surface area (Å²) in [4.78, 5) is 23.3.